The molecule has 2 nitrogen and oxygen atoms in total. The van der Waals surface area contributed by atoms with Gasteiger partial charge in [-0.25, -0.2) is 0 Å². The summed E-state index contributed by atoms with van der Waals surface area (Å²) < 4.78 is 0. The van der Waals surface area contributed by atoms with E-state index in [-0.39, 0.29) is 22.4 Å². The quantitative estimate of drug-likeness (QED) is 0.387. The van der Waals surface area contributed by atoms with E-state index in [4.69, 9.17) is 11.6 Å². The zero-order valence-corrected chi connectivity index (χ0v) is 20.2. The number of rotatable bonds is 4. The largest absolute Gasteiger partial charge is 0.294 e. The minimum atomic E-state index is -0.921. The summed E-state index contributed by atoms with van der Waals surface area (Å²) in [6, 6.07) is 14.1. The molecule has 2 aromatic rings. The van der Waals surface area contributed by atoms with Crippen molar-refractivity contribution in [3.63, 3.8) is 0 Å². The molecule has 1 atom stereocenters. The summed E-state index contributed by atoms with van der Waals surface area (Å²) >= 11 is 6.29. The Morgan fingerprint density at radius 1 is 0.800 bits per heavy atom. The van der Waals surface area contributed by atoms with Gasteiger partial charge in [-0.2, -0.15) is 0 Å². The first kappa shape index (κ1) is 22.7. The van der Waals surface area contributed by atoms with Gasteiger partial charge in [-0.15, -0.1) is 11.6 Å². The van der Waals surface area contributed by atoms with Gasteiger partial charge in [0.25, 0.3) is 0 Å². The highest BCUT2D eigenvalue weighted by molar-refractivity contribution is 6.37. The first-order valence-electron chi connectivity index (χ1n) is 10.6. The molecular formula is C27H33ClO2. The summed E-state index contributed by atoms with van der Waals surface area (Å²) in [5, 5.41) is 0. The molecule has 3 heteroatoms. The highest BCUT2D eigenvalue weighted by Gasteiger charge is 2.46. The first-order chi connectivity index (χ1) is 13.6. The van der Waals surface area contributed by atoms with Gasteiger partial charge in [0.1, 0.15) is 4.87 Å². The Hall–Kier alpha value is -1.93. The van der Waals surface area contributed by atoms with Gasteiger partial charge in [0.05, 0.1) is 0 Å². The minimum Gasteiger partial charge on any atom is -0.294 e. The third kappa shape index (κ3) is 3.87. The number of benzene rings is 2. The van der Waals surface area contributed by atoms with E-state index in [0.717, 1.165) is 12.0 Å². The third-order valence-corrected chi connectivity index (χ3v) is 6.58. The number of ketones is 2. The smallest absolute Gasteiger partial charge is 0.183 e. The van der Waals surface area contributed by atoms with Crippen molar-refractivity contribution >= 4 is 23.2 Å². The Bertz CT molecular complexity index is 1000. The summed E-state index contributed by atoms with van der Waals surface area (Å²) in [7, 11) is 0. The van der Waals surface area contributed by atoms with Crippen LogP contribution in [0, 0.1) is 5.41 Å². The molecule has 0 aromatic heterocycles. The summed E-state index contributed by atoms with van der Waals surface area (Å²) in [5.74, 6) is 0.0969. The van der Waals surface area contributed by atoms with Crippen LogP contribution in [-0.2, 0) is 10.8 Å². The number of fused-ring (bicyclic) bond motifs is 1. The van der Waals surface area contributed by atoms with E-state index in [9.17, 15) is 9.59 Å². The number of hydrogen-bond acceptors (Lipinski definition) is 2. The van der Waals surface area contributed by atoms with E-state index in [1.165, 1.54) is 16.7 Å². The van der Waals surface area contributed by atoms with Crippen molar-refractivity contribution in [2.45, 2.75) is 77.5 Å². The first-order valence-corrected chi connectivity index (χ1v) is 11.0. The second-order valence-corrected chi connectivity index (χ2v) is 12.1. The Labute approximate surface area is 186 Å². The van der Waals surface area contributed by atoms with Gasteiger partial charge in [0, 0.05) is 22.0 Å². The van der Waals surface area contributed by atoms with E-state index in [0.29, 0.717) is 5.56 Å². The van der Waals surface area contributed by atoms with Gasteiger partial charge in [-0.1, -0.05) is 77.9 Å². The molecule has 0 N–H and O–H groups in total. The van der Waals surface area contributed by atoms with E-state index in [1.807, 2.05) is 45.0 Å². The normalized spacial score (nSPS) is 20.7. The molecule has 0 heterocycles. The van der Waals surface area contributed by atoms with Crippen molar-refractivity contribution in [1.82, 2.24) is 0 Å². The van der Waals surface area contributed by atoms with Crippen molar-refractivity contribution in [3.8, 4) is 0 Å². The highest BCUT2D eigenvalue weighted by Crippen LogP contribution is 2.53. The van der Waals surface area contributed by atoms with Crippen molar-refractivity contribution < 1.29 is 9.59 Å². The molecule has 0 radical (unpaired) electrons. The molecule has 3 rings (SSSR count). The molecule has 160 valence electrons. The summed E-state index contributed by atoms with van der Waals surface area (Å²) in [4.78, 5) is 24.4. The van der Waals surface area contributed by atoms with Crippen LogP contribution in [0.15, 0.2) is 42.5 Å². The molecule has 30 heavy (non-hydrogen) atoms. The van der Waals surface area contributed by atoms with Gasteiger partial charge in [0.15, 0.2) is 11.6 Å². The number of hydrogen-bond donors (Lipinski definition) is 0. The third-order valence-electron chi connectivity index (χ3n) is 6.41. The maximum Gasteiger partial charge on any atom is 0.183 e. The molecule has 2 aromatic carbocycles. The van der Waals surface area contributed by atoms with Gasteiger partial charge in [-0.05, 0) is 48.4 Å². The van der Waals surface area contributed by atoms with Crippen LogP contribution >= 0.6 is 11.6 Å². The minimum absolute atomic E-state index is 0.0542. The lowest BCUT2D eigenvalue weighted by atomic mass is 9.74. The van der Waals surface area contributed by atoms with Crippen LogP contribution < -0.4 is 0 Å². The lowest BCUT2D eigenvalue weighted by molar-refractivity contribution is 0.0858. The van der Waals surface area contributed by atoms with Gasteiger partial charge in [-0.3, -0.25) is 9.59 Å². The fourth-order valence-corrected chi connectivity index (χ4v) is 4.93. The van der Waals surface area contributed by atoms with Crippen molar-refractivity contribution in [2.24, 2.45) is 5.41 Å². The molecular weight excluding hydrogens is 392 g/mol. The zero-order valence-electron chi connectivity index (χ0n) is 19.4. The number of halogens is 1. The van der Waals surface area contributed by atoms with Crippen molar-refractivity contribution in [3.05, 3.63) is 70.3 Å². The highest BCUT2D eigenvalue weighted by atomic mass is 35.5. The van der Waals surface area contributed by atoms with Crippen LogP contribution in [0.2, 0.25) is 0 Å². The molecule has 0 saturated carbocycles. The van der Waals surface area contributed by atoms with Gasteiger partial charge < -0.3 is 0 Å². The lowest BCUT2D eigenvalue weighted by Crippen LogP contribution is -2.25. The van der Waals surface area contributed by atoms with Crippen LogP contribution in [0.4, 0.5) is 0 Å². The Kier molecular flexibility index (Phi) is 5.35. The van der Waals surface area contributed by atoms with Crippen molar-refractivity contribution in [2.75, 3.05) is 0 Å². The molecule has 0 amide bonds. The van der Waals surface area contributed by atoms with Crippen LogP contribution in [0.1, 0.15) is 99.2 Å². The van der Waals surface area contributed by atoms with Crippen LogP contribution in [0.3, 0.4) is 0 Å². The van der Waals surface area contributed by atoms with Crippen LogP contribution in [0.25, 0.3) is 0 Å². The number of carbonyl (C=O) groups excluding carboxylic acids is 2. The standard InChI is InChI=1S/C27H33ClO2/c1-24(2,3)22(29)17-9-12-19(13-10-17)27(8)16-25(4,5)21-15-18(11-14-20(21)27)23(30)26(6,7)28/h9-15H,16H2,1-8H3. The van der Waals surface area contributed by atoms with E-state index < -0.39 is 10.3 Å². The predicted octanol–water partition coefficient (Wildman–Crippen LogP) is 7.10. The molecule has 1 aliphatic carbocycles. The average Bonchev–Trinajstić information content (AvgIpc) is 2.85. The van der Waals surface area contributed by atoms with E-state index >= 15 is 0 Å². The molecule has 1 aliphatic rings. The van der Waals surface area contributed by atoms with Crippen LogP contribution in [0.5, 0.6) is 0 Å². The van der Waals surface area contributed by atoms with E-state index in [2.05, 4.69) is 39.0 Å². The zero-order chi connectivity index (χ0) is 22.7. The maximum absolute atomic E-state index is 12.7. The van der Waals surface area contributed by atoms with Crippen molar-refractivity contribution in [1.29, 1.82) is 0 Å². The van der Waals surface area contributed by atoms with Crippen LogP contribution in [-0.4, -0.2) is 16.4 Å². The number of carbonyl (C=O) groups is 2. The van der Waals surface area contributed by atoms with E-state index in [1.54, 1.807) is 13.8 Å². The molecule has 0 saturated heterocycles. The summed E-state index contributed by atoms with van der Waals surface area (Å²) in [5.41, 5.74) is 4.40. The molecule has 0 bridgehead atoms. The Balaban J connectivity index is 2.05. The SMILES string of the molecule is CC(C)(C)C(=O)c1ccc(C2(C)CC(C)(C)c3cc(C(=O)C(C)(C)Cl)ccc32)cc1. The summed E-state index contributed by atoms with van der Waals surface area (Å²) in [6.45, 7) is 16.0. The fraction of sp³-hybridized carbons (Fsp3) is 0.481. The predicted molar refractivity (Wildman–Crippen MR) is 125 cm³/mol. The maximum atomic E-state index is 12.7. The second-order valence-electron chi connectivity index (χ2n) is 11.1. The second kappa shape index (κ2) is 7.05. The summed E-state index contributed by atoms with van der Waals surface area (Å²) in [6.07, 6.45) is 0.934. The fourth-order valence-electron chi connectivity index (χ4n) is 4.82. The lowest BCUT2D eigenvalue weighted by Gasteiger charge is -2.29. The molecule has 0 aliphatic heterocycles. The topological polar surface area (TPSA) is 34.1 Å². The average molecular weight is 425 g/mol. The Morgan fingerprint density at radius 2 is 1.33 bits per heavy atom. The van der Waals surface area contributed by atoms with Gasteiger partial charge in [0.2, 0.25) is 0 Å². The molecule has 1 unspecified atom stereocenters. The monoisotopic (exact) mass is 424 g/mol. The Morgan fingerprint density at radius 3 is 1.83 bits per heavy atom. The number of alkyl halides is 1. The molecule has 0 fully saturated rings. The number of Topliss-reactive ketones (excluding diaryl/α,β-unsaturated/α-hetero) is 2. The van der Waals surface area contributed by atoms with Gasteiger partial charge >= 0.3 is 0 Å². The molecule has 0 spiro atoms.